The van der Waals surface area contributed by atoms with Crippen LogP contribution in [0.3, 0.4) is 0 Å². The van der Waals surface area contributed by atoms with Gasteiger partial charge in [0.25, 0.3) is 0 Å². The lowest BCUT2D eigenvalue weighted by Crippen LogP contribution is -2.11. The van der Waals surface area contributed by atoms with E-state index >= 15 is 0 Å². The molecule has 80 valence electrons. The molecule has 14 heavy (non-hydrogen) atoms. The fourth-order valence-electron chi connectivity index (χ4n) is 0.882. The molecule has 0 atom stereocenters. The van der Waals surface area contributed by atoms with Crippen LogP contribution < -0.4 is 4.90 Å². The number of aromatic nitrogens is 2. The number of hydrogen-bond acceptors (Lipinski definition) is 3. The minimum atomic E-state index is 0.453. The summed E-state index contributed by atoms with van der Waals surface area (Å²) in [6, 6.07) is 4.01. The number of hydrogen-bond donors (Lipinski definition) is 0. The van der Waals surface area contributed by atoms with Crippen molar-refractivity contribution in [1.82, 2.24) is 10.2 Å². The van der Waals surface area contributed by atoms with Crippen molar-refractivity contribution in [3.63, 3.8) is 0 Å². The summed E-state index contributed by atoms with van der Waals surface area (Å²) in [6.07, 6.45) is 0. The molecule has 0 fully saturated rings. The van der Waals surface area contributed by atoms with Gasteiger partial charge >= 0.3 is 0 Å². The predicted molar refractivity (Wildman–Crippen MR) is 61.8 cm³/mol. The Bertz CT molecular complexity index is 212. The Kier molecular flexibility index (Phi) is 5.84. The summed E-state index contributed by atoms with van der Waals surface area (Å²) < 4.78 is 0. The van der Waals surface area contributed by atoms with E-state index in [1.165, 1.54) is 0 Å². The van der Waals surface area contributed by atoms with Gasteiger partial charge in [-0.05, 0) is 18.1 Å². The first-order valence-electron chi connectivity index (χ1n) is 5.12. The zero-order chi connectivity index (χ0) is 11.1. The van der Waals surface area contributed by atoms with Crippen LogP contribution in [0.1, 0.15) is 39.3 Å². The molecule has 1 rings (SSSR count). The average molecular weight is 195 g/mol. The number of anilines is 1. The minimum Gasteiger partial charge on any atom is -0.361 e. The van der Waals surface area contributed by atoms with Crippen LogP contribution >= 0.6 is 0 Å². The molecule has 0 N–H and O–H groups in total. The zero-order valence-corrected chi connectivity index (χ0v) is 10.1. The van der Waals surface area contributed by atoms with Gasteiger partial charge < -0.3 is 4.90 Å². The van der Waals surface area contributed by atoms with E-state index < -0.39 is 0 Å². The van der Waals surface area contributed by atoms with Crippen molar-refractivity contribution in [2.45, 2.75) is 33.6 Å². The molecule has 3 heteroatoms. The maximum absolute atomic E-state index is 4.11. The zero-order valence-electron chi connectivity index (χ0n) is 10.1. The molecule has 0 saturated heterocycles. The van der Waals surface area contributed by atoms with Crippen molar-refractivity contribution in [3.05, 3.63) is 17.8 Å². The molecule has 0 spiro atoms. The van der Waals surface area contributed by atoms with Gasteiger partial charge in [-0.1, -0.05) is 27.7 Å². The highest BCUT2D eigenvalue weighted by molar-refractivity contribution is 5.34. The highest BCUT2D eigenvalue weighted by atomic mass is 15.2. The van der Waals surface area contributed by atoms with Crippen molar-refractivity contribution in [1.29, 1.82) is 0 Å². The van der Waals surface area contributed by atoms with Gasteiger partial charge in [-0.3, -0.25) is 0 Å². The summed E-state index contributed by atoms with van der Waals surface area (Å²) in [5.41, 5.74) is 1.04. The first-order valence-corrected chi connectivity index (χ1v) is 5.12. The van der Waals surface area contributed by atoms with Crippen LogP contribution in [0, 0.1) is 0 Å². The van der Waals surface area contributed by atoms with Crippen molar-refractivity contribution >= 4 is 5.82 Å². The van der Waals surface area contributed by atoms with Gasteiger partial charge in [-0.2, -0.15) is 5.10 Å². The summed E-state index contributed by atoms with van der Waals surface area (Å²) in [5.74, 6) is 1.35. The fourth-order valence-corrected chi connectivity index (χ4v) is 0.882. The lowest BCUT2D eigenvalue weighted by molar-refractivity contribution is 0.781. The van der Waals surface area contributed by atoms with Crippen molar-refractivity contribution in [3.8, 4) is 0 Å². The molecule has 0 aliphatic carbocycles. The standard InChI is InChI=1S/C9H15N3.C2H6/c1-7(2)8-5-6-9(11-10-8)12(3)4;1-2/h5-7H,1-4H3;1-2H3. The van der Waals surface area contributed by atoms with E-state index in [1.807, 2.05) is 45.0 Å². The summed E-state index contributed by atoms with van der Waals surface area (Å²) in [6.45, 7) is 8.22. The third-order valence-corrected chi connectivity index (χ3v) is 1.72. The quantitative estimate of drug-likeness (QED) is 0.726. The van der Waals surface area contributed by atoms with E-state index in [1.54, 1.807) is 0 Å². The second-order valence-corrected chi connectivity index (χ2v) is 3.37. The molecule has 0 aliphatic heterocycles. The largest absolute Gasteiger partial charge is 0.361 e. The highest BCUT2D eigenvalue weighted by Gasteiger charge is 2.02. The SMILES string of the molecule is CC.CC(C)c1ccc(N(C)C)nn1. The van der Waals surface area contributed by atoms with E-state index in [0.29, 0.717) is 5.92 Å². The molecule has 0 radical (unpaired) electrons. The van der Waals surface area contributed by atoms with Crippen molar-refractivity contribution in [2.75, 3.05) is 19.0 Å². The minimum absolute atomic E-state index is 0.453. The van der Waals surface area contributed by atoms with Gasteiger partial charge in [0.05, 0.1) is 5.69 Å². The molecule has 0 bridgehead atoms. The molecule has 1 aromatic rings. The topological polar surface area (TPSA) is 29.0 Å². The Hall–Kier alpha value is -1.12. The first-order chi connectivity index (χ1) is 6.61. The van der Waals surface area contributed by atoms with Gasteiger partial charge in [0.15, 0.2) is 5.82 Å². The Morgan fingerprint density at radius 1 is 1.07 bits per heavy atom. The normalized spacial score (nSPS) is 9.36. The Morgan fingerprint density at radius 2 is 1.64 bits per heavy atom. The molecule has 0 aromatic carbocycles. The Balaban J connectivity index is 0.000000791. The Morgan fingerprint density at radius 3 is 1.93 bits per heavy atom. The third-order valence-electron chi connectivity index (χ3n) is 1.72. The molecule has 0 unspecified atom stereocenters. The molecule has 1 aromatic heterocycles. The molecule has 3 nitrogen and oxygen atoms in total. The van der Waals surface area contributed by atoms with Crippen molar-refractivity contribution in [2.24, 2.45) is 0 Å². The van der Waals surface area contributed by atoms with Gasteiger partial charge in [0.1, 0.15) is 0 Å². The van der Waals surface area contributed by atoms with Gasteiger partial charge in [0.2, 0.25) is 0 Å². The van der Waals surface area contributed by atoms with E-state index in [2.05, 4.69) is 24.0 Å². The maximum atomic E-state index is 4.11. The molecule has 0 aliphatic rings. The Labute approximate surface area is 87.2 Å². The summed E-state index contributed by atoms with van der Waals surface area (Å²) in [5, 5.41) is 8.18. The van der Waals surface area contributed by atoms with E-state index in [4.69, 9.17) is 0 Å². The highest BCUT2D eigenvalue weighted by Crippen LogP contribution is 2.12. The number of nitrogens with zero attached hydrogens (tertiary/aromatic N) is 3. The van der Waals surface area contributed by atoms with Gasteiger partial charge in [-0.15, -0.1) is 5.10 Å². The lowest BCUT2D eigenvalue weighted by Gasteiger charge is -2.10. The van der Waals surface area contributed by atoms with Gasteiger partial charge in [0, 0.05) is 14.1 Å². The monoisotopic (exact) mass is 195 g/mol. The van der Waals surface area contributed by atoms with Crippen LogP contribution in [-0.2, 0) is 0 Å². The fraction of sp³-hybridized carbons (Fsp3) is 0.636. The summed E-state index contributed by atoms with van der Waals surface area (Å²) >= 11 is 0. The van der Waals surface area contributed by atoms with Crippen LogP contribution in [0.5, 0.6) is 0 Å². The summed E-state index contributed by atoms with van der Waals surface area (Å²) in [7, 11) is 3.91. The van der Waals surface area contributed by atoms with E-state index in [0.717, 1.165) is 11.5 Å². The predicted octanol–water partition coefficient (Wildman–Crippen LogP) is 2.69. The average Bonchev–Trinajstić information content (AvgIpc) is 2.21. The van der Waals surface area contributed by atoms with Gasteiger partial charge in [-0.25, -0.2) is 0 Å². The molecule has 1 heterocycles. The first kappa shape index (κ1) is 12.9. The van der Waals surface area contributed by atoms with Crippen molar-refractivity contribution < 1.29 is 0 Å². The van der Waals surface area contributed by atoms with E-state index in [-0.39, 0.29) is 0 Å². The second kappa shape index (κ2) is 6.35. The second-order valence-electron chi connectivity index (χ2n) is 3.37. The molecule has 0 saturated carbocycles. The molecular weight excluding hydrogens is 174 g/mol. The third kappa shape index (κ3) is 3.73. The van der Waals surface area contributed by atoms with Crippen LogP contribution in [-0.4, -0.2) is 24.3 Å². The maximum Gasteiger partial charge on any atom is 0.150 e. The van der Waals surface area contributed by atoms with E-state index in [9.17, 15) is 0 Å². The number of rotatable bonds is 2. The molecule has 0 amide bonds. The lowest BCUT2D eigenvalue weighted by atomic mass is 10.1. The smallest absolute Gasteiger partial charge is 0.150 e. The van der Waals surface area contributed by atoms with Crippen LogP contribution in [0.25, 0.3) is 0 Å². The molecular formula is C11H21N3. The summed E-state index contributed by atoms with van der Waals surface area (Å²) in [4.78, 5) is 1.94. The van der Waals surface area contributed by atoms with Crippen LogP contribution in [0.4, 0.5) is 5.82 Å². The van der Waals surface area contributed by atoms with Crippen LogP contribution in [0.15, 0.2) is 12.1 Å². The van der Waals surface area contributed by atoms with Crippen LogP contribution in [0.2, 0.25) is 0 Å².